The molecule has 0 amide bonds. The molecule has 2 saturated heterocycles. The standard InChI is InChI=1S/C28H36Cl2N4O2S/c1-3-4-5-24-19(2)31-17-25(24)20-6-10-33(11-7-20)18-26(35)28(36)8-12-34(13-9-28)27(37)32-23-15-21(29)14-22(30)16-23/h3-5,14-17,20,26,31,35-36H,1,6-13,18H2,2H3,(H,32,37)/b5-4-. The zero-order valence-corrected chi connectivity index (χ0v) is 23.5. The number of H-pyrrole nitrogens is 1. The molecule has 1 atom stereocenters. The number of β-amino-alcohol motifs (C(OH)–C–C–N with tert-alkyl or cyclic N) is 1. The molecule has 3 heterocycles. The zero-order valence-electron chi connectivity index (χ0n) is 21.2. The molecule has 0 spiro atoms. The van der Waals surface area contributed by atoms with Gasteiger partial charge in [-0.2, -0.15) is 0 Å². The van der Waals surface area contributed by atoms with E-state index in [1.165, 1.54) is 16.8 Å². The lowest BCUT2D eigenvalue weighted by Gasteiger charge is -2.43. The Bertz CT molecular complexity index is 1110. The number of likely N-dealkylation sites (tertiary alicyclic amines) is 2. The number of aromatic amines is 1. The van der Waals surface area contributed by atoms with Crippen molar-refractivity contribution in [2.45, 2.75) is 50.2 Å². The normalized spacial score (nSPS) is 19.8. The Morgan fingerprint density at radius 1 is 1.22 bits per heavy atom. The van der Waals surface area contributed by atoms with Crippen molar-refractivity contribution in [2.75, 3.05) is 38.0 Å². The first-order valence-corrected chi connectivity index (χ1v) is 14.0. The summed E-state index contributed by atoms with van der Waals surface area (Å²) in [5, 5.41) is 27.1. The number of benzene rings is 1. The van der Waals surface area contributed by atoms with Crippen molar-refractivity contribution in [3.63, 3.8) is 0 Å². The van der Waals surface area contributed by atoms with E-state index in [0.29, 0.717) is 53.6 Å². The second-order valence-electron chi connectivity index (χ2n) is 10.1. The van der Waals surface area contributed by atoms with Gasteiger partial charge < -0.3 is 30.3 Å². The van der Waals surface area contributed by atoms with Crippen molar-refractivity contribution in [3.05, 3.63) is 70.0 Å². The number of rotatable bonds is 7. The van der Waals surface area contributed by atoms with E-state index in [0.717, 1.165) is 31.6 Å². The minimum absolute atomic E-state index is 0.449. The molecule has 200 valence electrons. The number of hydrogen-bond donors (Lipinski definition) is 4. The summed E-state index contributed by atoms with van der Waals surface area (Å²) in [6, 6.07) is 5.20. The van der Waals surface area contributed by atoms with Gasteiger partial charge in [0.05, 0.1) is 11.7 Å². The monoisotopic (exact) mass is 562 g/mol. The molecule has 1 aromatic carbocycles. The van der Waals surface area contributed by atoms with Crippen molar-refractivity contribution in [2.24, 2.45) is 0 Å². The van der Waals surface area contributed by atoms with Crippen LogP contribution in [0.5, 0.6) is 0 Å². The second kappa shape index (κ2) is 12.3. The Morgan fingerprint density at radius 3 is 2.49 bits per heavy atom. The second-order valence-corrected chi connectivity index (χ2v) is 11.4. The number of aliphatic hydroxyl groups is 2. The maximum atomic E-state index is 11.3. The summed E-state index contributed by atoms with van der Waals surface area (Å²) in [7, 11) is 0. The number of nitrogens with zero attached hydrogens (tertiary/aromatic N) is 2. The molecular weight excluding hydrogens is 527 g/mol. The smallest absolute Gasteiger partial charge is 0.173 e. The Kier molecular flexibility index (Phi) is 9.38. The number of aryl methyl sites for hydroxylation is 1. The van der Waals surface area contributed by atoms with E-state index < -0.39 is 11.7 Å². The van der Waals surface area contributed by atoms with Gasteiger partial charge in [-0.15, -0.1) is 0 Å². The molecule has 2 aliphatic heterocycles. The summed E-state index contributed by atoms with van der Waals surface area (Å²) in [6.45, 7) is 9.27. The first-order chi connectivity index (χ1) is 17.7. The summed E-state index contributed by atoms with van der Waals surface area (Å²) in [5.41, 5.74) is 3.38. The number of piperidine rings is 2. The highest BCUT2D eigenvalue weighted by Crippen LogP contribution is 2.34. The molecule has 2 fully saturated rings. The molecular formula is C28H36Cl2N4O2S. The fraction of sp³-hybridized carbons (Fsp3) is 0.464. The van der Waals surface area contributed by atoms with E-state index >= 15 is 0 Å². The first-order valence-electron chi connectivity index (χ1n) is 12.8. The topological polar surface area (TPSA) is 74.8 Å². The Hall–Kier alpha value is -1.87. The third-order valence-electron chi connectivity index (χ3n) is 7.67. The van der Waals surface area contributed by atoms with Crippen LogP contribution in [0.15, 0.2) is 43.1 Å². The van der Waals surface area contributed by atoms with Gasteiger partial charge in [0.15, 0.2) is 5.11 Å². The highest BCUT2D eigenvalue weighted by atomic mass is 35.5. The highest BCUT2D eigenvalue weighted by molar-refractivity contribution is 7.80. The van der Waals surface area contributed by atoms with E-state index in [1.54, 1.807) is 24.3 Å². The average molecular weight is 564 g/mol. The third kappa shape index (κ3) is 6.96. The summed E-state index contributed by atoms with van der Waals surface area (Å²) in [4.78, 5) is 7.65. The van der Waals surface area contributed by atoms with Crippen LogP contribution in [0.4, 0.5) is 5.69 Å². The molecule has 6 nitrogen and oxygen atoms in total. The molecule has 0 saturated carbocycles. The number of aliphatic hydroxyl groups excluding tert-OH is 1. The molecule has 37 heavy (non-hydrogen) atoms. The largest absolute Gasteiger partial charge is 0.389 e. The number of nitrogens with one attached hydrogen (secondary N) is 2. The van der Waals surface area contributed by atoms with E-state index in [2.05, 4.69) is 41.0 Å². The van der Waals surface area contributed by atoms with Gasteiger partial charge in [0, 0.05) is 47.3 Å². The van der Waals surface area contributed by atoms with Gasteiger partial charge in [-0.25, -0.2) is 0 Å². The SMILES string of the molecule is C=C/C=C\c1c(C2CCN(CC(O)C3(O)CCN(C(=S)Nc4cc(Cl)cc(Cl)c4)CC3)CC2)c[nH]c1C. The Balaban J connectivity index is 1.26. The van der Waals surface area contributed by atoms with Crippen LogP contribution in [-0.2, 0) is 0 Å². The zero-order chi connectivity index (χ0) is 26.6. The van der Waals surface area contributed by atoms with Crippen LogP contribution in [0.3, 0.4) is 0 Å². The van der Waals surface area contributed by atoms with E-state index in [-0.39, 0.29) is 0 Å². The molecule has 9 heteroatoms. The van der Waals surface area contributed by atoms with Crippen LogP contribution < -0.4 is 5.32 Å². The van der Waals surface area contributed by atoms with Crippen LogP contribution >= 0.6 is 35.4 Å². The summed E-state index contributed by atoms with van der Waals surface area (Å²) in [5.74, 6) is 0.483. The fourth-order valence-electron chi connectivity index (χ4n) is 5.38. The van der Waals surface area contributed by atoms with Crippen molar-refractivity contribution >= 4 is 52.3 Å². The van der Waals surface area contributed by atoms with Gasteiger partial charge in [-0.3, -0.25) is 0 Å². The Morgan fingerprint density at radius 2 is 1.86 bits per heavy atom. The predicted octanol–water partition coefficient (Wildman–Crippen LogP) is 5.59. The summed E-state index contributed by atoms with van der Waals surface area (Å²) >= 11 is 17.7. The molecule has 1 unspecified atom stereocenters. The number of aromatic nitrogens is 1. The number of thiocarbonyl (C=S) groups is 1. The third-order valence-corrected chi connectivity index (χ3v) is 8.46. The van der Waals surface area contributed by atoms with Gasteiger partial charge in [-0.1, -0.05) is 48.0 Å². The number of anilines is 1. The van der Waals surface area contributed by atoms with Crippen LogP contribution in [0.25, 0.3) is 6.08 Å². The lowest BCUT2D eigenvalue weighted by molar-refractivity contribution is -0.112. The minimum Gasteiger partial charge on any atom is -0.389 e. The van der Waals surface area contributed by atoms with Gasteiger partial charge >= 0.3 is 0 Å². The van der Waals surface area contributed by atoms with Gasteiger partial charge in [-0.05, 0) is 93.2 Å². The summed E-state index contributed by atoms with van der Waals surface area (Å²) < 4.78 is 0. The number of allylic oxidation sites excluding steroid dienone is 2. The summed E-state index contributed by atoms with van der Waals surface area (Å²) in [6.07, 6.45) is 10.2. The van der Waals surface area contributed by atoms with E-state index in [9.17, 15) is 10.2 Å². The van der Waals surface area contributed by atoms with Crippen LogP contribution in [0.2, 0.25) is 10.0 Å². The van der Waals surface area contributed by atoms with E-state index in [4.69, 9.17) is 35.4 Å². The first kappa shape index (κ1) is 28.1. The van der Waals surface area contributed by atoms with Crippen LogP contribution in [0.1, 0.15) is 48.4 Å². The molecule has 2 aromatic rings. The maximum Gasteiger partial charge on any atom is 0.173 e. The quantitative estimate of drug-likeness (QED) is 0.260. The molecule has 0 bridgehead atoms. The van der Waals surface area contributed by atoms with E-state index in [1.807, 2.05) is 11.0 Å². The van der Waals surface area contributed by atoms with Gasteiger partial charge in [0.1, 0.15) is 0 Å². The van der Waals surface area contributed by atoms with Crippen LogP contribution in [-0.4, -0.2) is 74.5 Å². The molecule has 2 aliphatic rings. The molecule has 4 N–H and O–H groups in total. The molecule has 4 rings (SSSR count). The van der Waals surface area contributed by atoms with Crippen molar-refractivity contribution in [1.29, 1.82) is 0 Å². The average Bonchev–Trinajstić information content (AvgIpc) is 3.23. The minimum atomic E-state index is -1.12. The highest BCUT2D eigenvalue weighted by Gasteiger charge is 2.40. The Labute approximate surface area is 234 Å². The maximum absolute atomic E-state index is 11.3. The molecule has 0 radical (unpaired) electrons. The molecule has 1 aromatic heterocycles. The predicted molar refractivity (Wildman–Crippen MR) is 158 cm³/mol. The van der Waals surface area contributed by atoms with Crippen molar-refractivity contribution in [3.8, 4) is 0 Å². The number of halogens is 2. The lowest BCUT2D eigenvalue weighted by Crippen LogP contribution is -2.56. The lowest BCUT2D eigenvalue weighted by atomic mass is 9.84. The van der Waals surface area contributed by atoms with Crippen molar-refractivity contribution < 1.29 is 10.2 Å². The van der Waals surface area contributed by atoms with Crippen molar-refractivity contribution in [1.82, 2.24) is 14.8 Å². The molecule has 0 aliphatic carbocycles. The van der Waals surface area contributed by atoms with Crippen LogP contribution in [0, 0.1) is 6.92 Å². The van der Waals surface area contributed by atoms with Gasteiger partial charge in [0.25, 0.3) is 0 Å². The fourth-order valence-corrected chi connectivity index (χ4v) is 6.21. The number of hydrogen-bond acceptors (Lipinski definition) is 4. The van der Waals surface area contributed by atoms with Gasteiger partial charge in [0.2, 0.25) is 0 Å².